The first-order valence-electron chi connectivity index (χ1n) is 5.37. The Hall–Kier alpha value is -1.52. The van der Waals surface area contributed by atoms with Crippen molar-refractivity contribution in [2.75, 3.05) is 0 Å². The third-order valence-electron chi connectivity index (χ3n) is 2.32. The average molecular weight is 223 g/mol. The molecular weight excluding hydrogens is 206 g/mol. The van der Waals surface area contributed by atoms with E-state index in [1.165, 1.54) is 0 Å². The summed E-state index contributed by atoms with van der Waals surface area (Å²) in [5, 5.41) is 0. The van der Waals surface area contributed by atoms with E-state index in [2.05, 4.69) is 9.97 Å². The molecule has 1 aliphatic rings. The van der Waals surface area contributed by atoms with E-state index < -0.39 is 5.60 Å². The largest absolute Gasteiger partial charge is 0.444 e. The second-order valence-corrected chi connectivity index (χ2v) is 5.08. The molecule has 0 saturated heterocycles. The Morgan fingerprint density at radius 2 is 2.12 bits per heavy atom. The highest BCUT2D eigenvalue weighted by Crippen LogP contribution is 2.22. The van der Waals surface area contributed by atoms with Crippen molar-refractivity contribution >= 4 is 6.09 Å². The second-order valence-electron chi connectivity index (χ2n) is 5.08. The predicted molar refractivity (Wildman–Crippen MR) is 58.8 cm³/mol. The van der Waals surface area contributed by atoms with Crippen LogP contribution in [0, 0.1) is 6.92 Å². The Balaban J connectivity index is 2.01. The Labute approximate surface area is 94.8 Å². The molecule has 0 aliphatic carbocycles. The number of nitrogens with one attached hydrogen (secondary N) is 1. The van der Waals surface area contributed by atoms with E-state index >= 15 is 0 Å². The highest BCUT2D eigenvalue weighted by atomic mass is 16.6. The van der Waals surface area contributed by atoms with Crippen LogP contribution in [-0.2, 0) is 17.8 Å². The fourth-order valence-corrected chi connectivity index (χ4v) is 1.73. The highest BCUT2D eigenvalue weighted by molar-refractivity contribution is 5.68. The summed E-state index contributed by atoms with van der Waals surface area (Å²) in [5.41, 5.74) is 1.52. The monoisotopic (exact) mass is 223 g/mol. The first kappa shape index (κ1) is 11.0. The number of hydrogen-bond donors (Lipinski definition) is 1. The number of fused-ring (bicyclic) bond motifs is 1. The van der Waals surface area contributed by atoms with Gasteiger partial charge in [-0.3, -0.25) is 4.90 Å². The van der Waals surface area contributed by atoms with E-state index in [0.29, 0.717) is 13.1 Å². The van der Waals surface area contributed by atoms with E-state index in [1.807, 2.05) is 27.7 Å². The molecule has 2 heterocycles. The van der Waals surface area contributed by atoms with Gasteiger partial charge in [0.2, 0.25) is 0 Å². The Bertz CT molecular complexity index is 394. The molecular formula is C11H17N3O2. The van der Waals surface area contributed by atoms with Gasteiger partial charge in [-0.15, -0.1) is 0 Å². The van der Waals surface area contributed by atoms with Crippen molar-refractivity contribution in [1.29, 1.82) is 0 Å². The highest BCUT2D eigenvalue weighted by Gasteiger charge is 2.29. The number of carbonyl (C=O) groups is 1. The molecule has 0 atom stereocenters. The summed E-state index contributed by atoms with van der Waals surface area (Å²) in [5.74, 6) is 0.897. The number of aromatic nitrogens is 2. The fourth-order valence-electron chi connectivity index (χ4n) is 1.73. The van der Waals surface area contributed by atoms with Gasteiger partial charge in [0.05, 0.1) is 24.5 Å². The molecule has 1 N–H and O–H groups in total. The minimum atomic E-state index is -0.448. The normalized spacial score (nSPS) is 15.1. The van der Waals surface area contributed by atoms with Crippen LogP contribution in [0.25, 0.3) is 0 Å². The molecule has 0 saturated carbocycles. The number of aromatic amines is 1. The number of rotatable bonds is 0. The Kier molecular flexibility index (Phi) is 2.40. The van der Waals surface area contributed by atoms with Crippen LogP contribution < -0.4 is 0 Å². The lowest BCUT2D eigenvalue weighted by molar-refractivity contribution is 0.0238. The molecule has 16 heavy (non-hydrogen) atoms. The van der Waals surface area contributed by atoms with Gasteiger partial charge >= 0.3 is 6.09 Å². The lowest BCUT2D eigenvalue weighted by Crippen LogP contribution is -2.33. The van der Waals surface area contributed by atoms with E-state index in [1.54, 1.807) is 4.90 Å². The number of H-pyrrole nitrogens is 1. The molecule has 5 heteroatoms. The molecule has 1 aliphatic heterocycles. The lowest BCUT2D eigenvalue weighted by Gasteiger charge is -2.24. The lowest BCUT2D eigenvalue weighted by atomic mass is 10.2. The molecule has 88 valence electrons. The maximum atomic E-state index is 11.8. The average Bonchev–Trinajstić information content (AvgIpc) is 2.56. The summed E-state index contributed by atoms with van der Waals surface area (Å²) < 4.78 is 5.30. The van der Waals surface area contributed by atoms with Crippen LogP contribution in [0.1, 0.15) is 38.0 Å². The molecule has 0 radical (unpaired) electrons. The zero-order valence-corrected chi connectivity index (χ0v) is 10.1. The maximum absolute atomic E-state index is 11.8. The van der Waals surface area contributed by atoms with Gasteiger partial charge in [0, 0.05) is 0 Å². The van der Waals surface area contributed by atoms with Crippen LogP contribution in [0.5, 0.6) is 0 Å². The van der Waals surface area contributed by atoms with Gasteiger partial charge in [-0.25, -0.2) is 9.78 Å². The molecule has 0 bridgehead atoms. The van der Waals surface area contributed by atoms with Gasteiger partial charge in [0.15, 0.2) is 0 Å². The van der Waals surface area contributed by atoms with Crippen LogP contribution in [-0.4, -0.2) is 26.6 Å². The number of imidazole rings is 1. The van der Waals surface area contributed by atoms with Crippen LogP contribution in [0.15, 0.2) is 0 Å². The van der Waals surface area contributed by atoms with Crippen LogP contribution in [0.3, 0.4) is 0 Å². The van der Waals surface area contributed by atoms with Crippen molar-refractivity contribution in [2.45, 2.75) is 46.4 Å². The minimum absolute atomic E-state index is 0.281. The van der Waals surface area contributed by atoms with Crippen molar-refractivity contribution in [1.82, 2.24) is 14.9 Å². The number of aryl methyl sites for hydroxylation is 1. The zero-order valence-electron chi connectivity index (χ0n) is 10.1. The molecule has 0 unspecified atom stereocenters. The van der Waals surface area contributed by atoms with Gasteiger partial charge in [-0.05, 0) is 27.7 Å². The van der Waals surface area contributed by atoms with Crippen molar-refractivity contribution in [2.24, 2.45) is 0 Å². The molecule has 2 rings (SSSR count). The van der Waals surface area contributed by atoms with Gasteiger partial charge in [0.1, 0.15) is 11.4 Å². The SMILES string of the molecule is Cc1nc2c([nH]1)CN(C(=O)OC(C)(C)C)C2. The van der Waals surface area contributed by atoms with Gasteiger partial charge in [-0.1, -0.05) is 0 Å². The van der Waals surface area contributed by atoms with E-state index in [9.17, 15) is 4.79 Å². The summed E-state index contributed by atoms with van der Waals surface area (Å²) in [6.45, 7) is 8.60. The summed E-state index contributed by atoms with van der Waals surface area (Å²) in [6.07, 6.45) is -0.281. The predicted octanol–water partition coefficient (Wildman–Crippen LogP) is 1.97. The molecule has 5 nitrogen and oxygen atoms in total. The van der Waals surface area contributed by atoms with Crippen LogP contribution >= 0.6 is 0 Å². The van der Waals surface area contributed by atoms with Crippen molar-refractivity contribution in [3.8, 4) is 0 Å². The van der Waals surface area contributed by atoms with Crippen LogP contribution in [0.4, 0.5) is 4.79 Å². The quantitative estimate of drug-likeness (QED) is 0.731. The molecule has 0 aromatic carbocycles. The van der Waals surface area contributed by atoms with Crippen molar-refractivity contribution in [3.05, 3.63) is 17.2 Å². The Morgan fingerprint density at radius 1 is 1.44 bits per heavy atom. The third-order valence-corrected chi connectivity index (χ3v) is 2.32. The summed E-state index contributed by atoms with van der Waals surface area (Å²) in [4.78, 5) is 20.9. The smallest absolute Gasteiger partial charge is 0.410 e. The van der Waals surface area contributed by atoms with Crippen LogP contribution in [0.2, 0.25) is 0 Å². The first-order chi connectivity index (χ1) is 7.35. The number of ether oxygens (including phenoxy) is 1. The fraction of sp³-hybridized carbons (Fsp3) is 0.636. The van der Waals surface area contributed by atoms with E-state index in [0.717, 1.165) is 17.2 Å². The topological polar surface area (TPSA) is 58.2 Å². The molecule has 1 aromatic rings. The van der Waals surface area contributed by atoms with Crippen molar-refractivity contribution in [3.63, 3.8) is 0 Å². The number of nitrogens with zero attached hydrogens (tertiary/aromatic N) is 2. The van der Waals surface area contributed by atoms with Gasteiger partial charge in [0.25, 0.3) is 0 Å². The van der Waals surface area contributed by atoms with Gasteiger partial charge in [-0.2, -0.15) is 0 Å². The standard InChI is InChI=1S/C11H17N3O2/c1-7-12-8-5-14(6-9(8)13-7)10(15)16-11(2,3)4/h5-6H2,1-4H3,(H,12,13). The maximum Gasteiger partial charge on any atom is 0.410 e. The zero-order chi connectivity index (χ0) is 11.9. The minimum Gasteiger partial charge on any atom is -0.444 e. The Morgan fingerprint density at radius 3 is 2.69 bits per heavy atom. The van der Waals surface area contributed by atoms with E-state index in [-0.39, 0.29) is 6.09 Å². The second kappa shape index (κ2) is 3.50. The number of hydrogen-bond acceptors (Lipinski definition) is 3. The molecule has 0 fully saturated rings. The molecule has 0 spiro atoms. The molecule has 1 aromatic heterocycles. The van der Waals surface area contributed by atoms with Crippen molar-refractivity contribution < 1.29 is 9.53 Å². The van der Waals surface area contributed by atoms with Gasteiger partial charge < -0.3 is 9.72 Å². The first-order valence-corrected chi connectivity index (χ1v) is 5.37. The number of carbonyl (C=O) groups excluding carboxylic acids is 1. The summed E-state index contributed by atoms with van der Waals surface area (Å²) in [7, 11) is 0. The third kappa shape index (κ3) is 2.18. The van der Waals surface area contributed by atoms with E-state index in [4.69, 9.17) is 4.74 Å². The molecule has 1 amide bonds. The summed E-state index contributed by atoms with van der Waals surface area (Å²) >= 11 is 0. The summed E-state index contributed by atoms with van der Waals surface area (Å²) in [6, 6.07) is 0. The number of amides is 1.